The molecular formula is C21H27N3O4S. The molecule has 1 saturated heterocycles. The van der Waals surface area contributed by atoms with E-state index in [9.17, 15) is 9.59 Å². The number of aromatic nitrogens is 1. The summed E-state index contributed by atoms with van der Waals surface area (Å²) in [5.41, 5.74) is 1.23. The maximum atomic E-state index is 13.3. The zero-order valence-electron chi connectivity index (χ0n) is 17.0. The number of hydrogen-bond donors (Lipinski definition) is 0. The first kappa shape index (κ1) is 20.1. The molecule has 0 aliphatic carbocycles. The minimum absolute atomic E-state index is 0.0268. The fourth-order valence-electron chi connectivity index (χ4n) is 4.06. The van der Waals surface area contributed by atoms with Gasteiger partial charge in [0.1, 0.15) is 22.8 Å². The molecule has 0 atom stereocenters. The van der Waals surface area contributed by atoms with Crippen molar-refractivity contribution in [1.82, 2.24) is 14.4 Å². The number of amides is 1. The number of ether oxygens (including phenoxy) is 1. The van der Waals surface area contributed by atoms with Crippen LogP contribution in [0.4, 0.5) is 0 Å². The zero-order valence-corrected chi connectivity index (χ0v) is 17.8. The van der Waals surface area contributed by atoms with Crippen molar-refractivity contribution in [3.63, 3.8) is 0 Å². The molecule has 156 valence electrons. The second kappa shape index (κ2) is 8.67. The SMILES string of the molecule is COc1cc(=O)n2c(c1C(=O)N1CCSCC1)CCN(Cc1ccc(C)o1)CC2. The third-order valence-corrected chi connectivity index (χ3v) is 6.54. The van der Waals surface area contributed by atoms with Gasteiger partial charge in [0.05, 0.1) is 13.7 Å². The van der Waals surface area contributed by atoms with Crippen LogP contribution in [-0.2, 0) is 19.5 Å². The fourth-order valence-corrected chi connectivity index (χ4v) is 4.96. The Labute approximate surface area is 174 Å². The highest BCUT2D eigenvalue weighted by Gasteiger charge is 2.29. The van der Waals surface area contributed by atoms with Crippen molar-refractivity contribution in [2.45, 2.75) is 26.4 Å². The van der Waals surface area contributed by atoms with Crippen molar-refractivity contribution in [2.75, 3.05) is 44.8 Å². The van der Waals surface area contributed by atoms with Crippen LogP contribution in [0.15, 0.2) is 27.4 Å². The Kier molecular flexibility index (Phi) is 6.01. The Morgan fingerprint density at radius 3 is 2.66 bits per heavy atom. The van der Waals surface area contributed by atoms with Gasteiger partial charge in [-0.1, -0.05) is 0 Å². The first-order chi connectivity index (χ1) is 14.1. The number of methoxy groups -OCH3 is 1. The van der Waals surface area contributed by atoms with Crippen LogP contribution in [0.2, 0.25) is 0 Å². The van der Waals surface area contributed by atoms with E-state index in [1.807, 2.05) is 35.7 Å². The van der Waals surface area contributed by atoms with Gasteiger partial charge in [-0.2, -0.15) is 11.8 Å². The van der Waals surface area contributed by atoms with Gasteiger partial charge in [-0.15, -0.1) is 0 Å². The lowest BCUT2D eigenvalue weighted by Gasteiger charge is -2.28. The Morgan fingerprint density at radius 2 is 1.97 bits per heavy atom. The molecule has 29 heavy (non-hydrogen) atoms. The summed E-state index contributed by atoms with van der Waals surface area (Å²) in [6, 6.07) is 5.41. The number of carbonyl (C=O) groups excluding carboxylic acids is 1. The van der Waals surface area contributed by atoms with E-state index in [2.05, 4.69) is 4.90 Å². The van der Waals surface area contributed by atoms with Crippen molar-refractivity contribution in [3.05, 3.63) is 51.3 Å². The molecule has 1 fully saturated rings. The summed E-state index contributed by atoms with van der Waals surface area (Å²) in [6.45, 7) is 6.12. The molecule has 4 heterocycles. The van der Waals surface area contributed by atoms with Crippen LogP contribution in [0.1, 0.15) is 27.6 Å². The number of hydrogen-bond acceptors (Lipinski definition) is 6. The van der Waals surface area contributed by atoms with Gasteiger partial charge in [-0.05, 0) is 19.1 Å². The van der Waals surface area contributed by atoms with E-state index in [0.717, 1.165) is 54.9 Å². The lowest BCUT2D eigenvalue weighted by molar-refractivity contribution is 0.0766. The van der Waals surface area contributed by atoms with Crippen LogP contribution in [0.3, 0.4) is 0 Å². The van der Waals surface area contributed by atoms with Gasteiger partial charge >= 0.3 is 0 Å². The molecule has 0 N–H and O–H groups in total. The summed E-state index contributed by atoms with van der Waals surface area (Å²) >= 11 is 1.86. The lowest BCUT2D eigenvalue weighted by atomic mass is 10.1. The third-order valence-electron chi connectivity index (χ3n) is 5.59. The zero-order chi connectivity index (χ0) is 20.4. The minimum atomic E-state index is -0.113. The molecule has 1 amide bonds. The normalized spacial score (nSPS) is 17.7. The molecule has 2 aromatic heterocycles. The largest absolute Gasteiger partial charge is 0.496 e. The van der Waals surface area contributed by atoms with E-state index in [-0.39, 0.29) is 11.5 Å². The Morgan fingerprint density at radius 1 is 1.17 bits per heavy atom. The molecule has 0 radical (unpaired) electrons. The van der Waals surface area contributed by atoms with Gasteiger partial charge in [0.25, 0.3) is 11.5 Å². The summed E-state index contributed by atoms with van der Waals surface area (Å²) in [5.74, 6) is 4.06. The highest BCUT2D eigenvalue weighted by Crippen LogP contribution is 2.26. The number of rotatable bonds is 4. The number of thioether (sulfide) groups is 1. The van der Waals surface area contributed by atoms with E-state index in [0.29, 0.717) is 30.8 Å². The van der Waals surface area contributed by atoms with E-state index < -0.39 is 0 Å². The van der Waals surface area contributed by atoms with Gasteiger partial charge in [0.15, 0.2) is 0 Å². The van der Waals surface area contributed by atoms with E-state index in [1.165, 1.54) is 13.2 Å². The second-order valence-corrected chi connectivity index (χ2v) is 8.69. The smallest absolute Gasteiger partial charge is 0.259 e. The van der Waals surface area contributed by atoms with Crippen molar-refractivity contribution >= 4 is 17.7 Å². The number of pyridine rings is 1. The number of furan rings is 1. The predicted molar refractivity (Wildman–Crippen MR) is 113 cm³/mol. The van der Waals surface area contributed by atoms with Crippen LogP contribution < -0.4 is 10.3 Å². The molecule has 0 saturated carbocycles. The maximum absolute atomic E-state index is 13.3. The average molecular weight is 418 g/mol. The summed E-state index contributed by atoms with van der Waals surface area (Å²) in [4.78, 5) is 30.2. The maximum Gasteiger partial charge on any atom is 0.259 e. The highest BCUT2D eigenvalue weighted by molar-refractivity contribution is 7.99. The molecule has 4 rings (SSSR count). The van der Waals surface area contributed by atoms with Gasteiger partial charge in [-0.3, -0.25) is 14.5 Å². The molecule has 7 nitrogen and oxygen atoms in total. The van der Waals surface area contributed by atoms with E-state index >= 15 is 0 Å². The molecule has 2 aliphatic rings. The van der Waals surface area contributed by atoms with Crippen LogP contribution in [0.25, 0.3) is 0 Å². The van der Waals surface area contributed by atoms with Crippen LogP contribution in [-0.4, -0.2) is 65.1 Å². The van der Waals surface area contributed by atoms with Crippen LogP contribution >= 0.6 is 11.8 Å². The van der Waals surface area contributed by atoms with Gasteiger partial charge < -0.3 is 18.6 Å². The molecule has 0 aromatic carbocycles. The Hall–Kier alpha value is -2.19. The second-order valence-electron chi connectivity index (χ2n) is 7.47. The van der Waals surface area contributed by atoms with Crippen molar-refractivity contribution < 1.29 is 13.9 Å². The topological polar surface area (TPSA) is 67.9 Å². The first-order valence-corrected chi connectivity index (χ1v) is 11.2. The quantitative estimate of drug-likeness (QED) is 0.758. The summed E-state index contributed by atoms with van der Waals surface area (Å²) in [6.07, 6.45) is 0.621. The lowest BCUT2D eigenvalue weighted by Crippen LogP contribution is -2.39. The molecule has 8 heteroatoms. The van der Waals surface area contributed by atoms with Crippen molar-refractivity contribution in [2.24, 2.45) is 0 Å². The fraction of sp³-hybridized carbons (Fsp3) is 0.524. The summed E-state index contributed by atoms with van der Waals surface area (Å²) in [5, 5.41) is 0. The predicted octanol–water partition coefficient (Wildman–Crippen LogP) is 2.01. The highest BCUT2D eigenvalue weighted by atomic mass is 32.2. The van der Waals surface area contributed by atoms with Crippen molar-refractivity contribution in [1.29, 1.82) is 0 Å². The van der Waals surface area contributed by atoms with E-state index in [4.69, 9.17) is 9.15 Å². The molecule has 0 bridgehead atoms. The molecule has 2 aromatic rings. The van der Waals surface area contributed by atoms with Gasteiger partial charge in [0.2, 0.25) is 0 Å². The monoisotopic (exact) mass is 417 g/mol. The third kappa shape index (κ3) is 4.23. The Balaban J connectivity index is 1.63. The minimum Gasteiger partial charge on any atom is -0.496 e. The summed E-state index contributed by atoms with van der Waals surface area (Å²) < 4.78 is 12.9. The van der Waals surface area contributed by atoms with Crippen LogP contribution in [0, 0.1) is 6.92 Å². The molecule has 0 unspecified atom stereocenters. The summed E-state index contributed by atoms with van der Waals surface area (Å²) in [7, 11) is 1.52. The first-order valence-electron chi connectivity index (χ1n) is 10.0. The molecule has 2 aliphatic heterocycles. The van der Waals surface area contributed by atoms with Crippen molar-refractivity contribution in [3.8, 4) is 5.75 Å². The van der Waals surface area contributed by atoms with Gasteiger partial charge in [0, 0.05) is 62.4 Å². The Bertz CT molecular complexity index is 946. The average Bonchev–Trinajstić information content (AvgIpc) is 3.02. The van der Waals surface area contributed by atoms with Crippen LogP contribution in [0.5, 0.6) is 5.75 Å². The number of nitrogens with zero attached hydrogens (tertiary/aromatic N) is 3. The number of carbonyl (C=O) groups is 1. The number of fused-ring (bicyclic) bond motifs is 1. The van der Waals surface area contributed by atoms with Gasteiger partial charge in [-0.25, -0.2) is 0 Å². The molecular weight excluding hydrogens is 390 g/mol. The standard InChI is InChI=1S/C21H27N3O4S/c1-15-3-4-16(28-15)14-22-6-5-17-20(21(26)23-9-11-29-12-10-23)18(27-2)13-19(25)24(17)8-7-22/h3-4,13H,5-12,14H2,1-2H3. The molecule has 0 spiro atoms. The number of aryl methyl sites for hydroxylation is 1. The van der Waals surface area contributed by atoms with E-state index in [1.54, 1.807) is 4.57 Å².